The van der Waals surface area contributed by atoms with E-state index in [0.717, 1.165) is 0 Å². The lowest BCUT2D eigenvalue weighted by atomic mass is 10.5. The molecule has 1 saturated carbocycles. The zero-order valence-corrected chi connectivity index (χ0v) is 3.53. The van der Waals surface area contributed by atoms with Gasteiger partial charge in [0.2, 0.25) is 0 Å². The molecular formula is C4H4F2O. The van der Waals surface area contributed by atoms with Crippen LogP contribution in [-0.2, 0) is 4.79 Å². The van der Waals surface area contributed by atoms with Gasteiger partial charge in [0.15, 0.2) is 0 Å². The molecular weight excluding hydrogens is 102 g/mol. The van der Waals surface area contributed by atoms with Crippen molar-refractivity contribution in [2.45, 2.75) is 12.3 Å². The van der Waals surface area contributed by atoms with Crippen LogP contribution in [0.5, 0.6) is 0 Å². The predicted molar refractivity (Wildman–Crippen MR) is 19.1 cm³/mol. The molecule has 3 heteroatoms. The summed E-state index contributed by atoms with van der Waals surface area (Å²) in [6, 6.07) is 0. The van der Waals surface area contributed by atoms with Crippen LogP contribution in [0.4, 0.5) is 8.78 Å². The third kappa shape index (κ3) is 0.621. The fourth-order valence-electron chi connectivity index (χ4n) is 0.382. The molecule has 7 heavy (non-hydrogen) atoms. The summed E-state index contributed by atoms with van der Waals surface area (Å²) in [5, 5.41) is 0. The van der Waals surface area contributed by atoms with Crippen molar-refractivity contribution in [1.82, 2.24) is 0 Å². The van der Waals surface area contributed by atoms with E-state index in [-0.39, 0.29) is 6.42 Å². The number of aldehydes is 1. The highest BCUT2D eigenvalue weighted by Crippen LogP contribution is 2.46. The number of hydrogen-bond donors (Lipinski definition) is 0. The Morgan fingerprint density at radius 3 is 2.14 bits per heavy atom. The third-order valence-corrected chi connectivity index (χ3v) is 1.04. The topological polar surface area (TPSA) is 17.1 Å². The van der Waals surface area contributed by atoms with Gasteiger partial charge in [-0.3, -0.25) is 0 Å². The third-order valence-electron chi connectivity index (χ3n) is 1.04. The molecule has 1 aliphatic rings. The van der Waals surface area contributed by atoms with Crippen molar-refractivity contribution in [3.63, 3.8) is 0 Å². The van der Waals surface area contributed by atoms with Crippen molar-refractivity contribution in [3.8, 4) is 0 Å². The molecule has 1 rings (SSSR count). The molecule has 1 aliphatic carbocycles. The molecule has 1 fully saturated rings. The summed E-state index contributed by atoms with van der Waals surface area (Å²) in [4.78, 5) is 9.50. The molecule has 40 valence electrons. The van der Waals surface area contributed by atoms with E-state index in [1.54, 1.807) is 0 Å². The first-order valence-electron chi connectivity index (χ1n) is 2.00. The molecule has 0 saturated heterocycles. The number of halogens is 2. The fourth-order valence-corrected chi connectivity index (χ4v) is 0.382. The van der Waals surface area contributed by atoms with Crippen molar-refractivity contribution >= 4 is 6.29 Å². The highest BCUT2D eigenvalue weighted by Gasteiger charge is 2.56. The van der Waals surface area contributed by atoms with Crippen LogP contribution in [0.3, 0.4) is 0 Å². The van der Waals surface area contributed by atoms with Gasteiger partial charge < -0.3 is 4.79 Å². The van der Waals surface area contributed by atoms with E-state index >= 15 is 0 Å². The fraction of sp³-hybridized carbons (Fsp3) is 0.750. The first-order valence-corrected chi connectivity index (χ1v) is 2.00. The molecule has 0 radical (unpaired) electrons. The van der Waals surface area contributed by atoms with Gasteiger partial charge in [0.1, 0.15) is 6.29 Å². The summed E-state index contributed by atoms with van der Waals surface area (Å²) in [5.41, 5.74) is 0. The van der Waals surface area contributed by atoms with Gasteiger partial charge >= 0.3 is 0 Å². The molecule has 0 aliphatic heterocycles. The molecule has 0 N–H and O–H groups in total. The van der Waals surface area contributed by atoms with Gasteiger partial charge in [-0.15, -0.1) is 0 Å². The molecule has 0 aromatic heterocycles. The Bertz CT molecular complexity index is 99.9. The average Bonchev–Trinajstić information content (AvgIpc) is 2.13. The standard InChI is InChI=1S/C4H4F2O/c5-4(6)1-3(4)2-7/h2-3H,1H2/t3-/m0/s1. The summed E-state index contributed by atoms with van der Waals surface area (Å²) in [7, 11) is 0. The van der Waals surface area contributed by atoms with E-state index in [1.807, 2.05) is 0 Å². The van der Waals surface area contributed by atoms with Crippen molar-refractivity contribution in [2.24, 2.45) is 5.92 Å². The molecule has 1 nitrogen and oxygen atoms in total. The number of carbonyl (C=O) groups excluding carboxylic acids is 1. The SMILES string of the molecule is O=C[C@@H]1CC1(F)F. The van der Waals surface area contributed by atoms with Crippen LogP contribution in [-0.4, -0.2) is 12.2 Å². The van der Waals surface area contributed by atoms with Gasteiger partial charge in [-0.25, -0.2) is 8.78 Å². The normalized spacial score (nSPS) is 34.9. The highest BCUT2D eigenvalue weighted by molar-refractivity contribution is 5.60. The van der Waals surface area contributed by atoms with Crippen molar-refractivity contribution in [2.75, 3.05) is 0 Å². The van der Waals surface area contributed by atoms with Crippen molar-refractivity contribution in [3.05, 3.63) is 0 Å². The number of carbonyl (C=O) groups is 1. The minimum Gasteiger partial charge on any atom is -0.303 e. The van der Waals surface area contributed by atoms with Crippen LogP contribution >= 0.6 is 0 Å². The largest absolute Gasteiger partial charge is 0.303 e. The van der Waals surface area contributed by atoms with Crippen LogP contribution in [0.15, 0.2) is 0 Å². The molecule has 0 amide bonds. The minimum atomic E-state index is -2.65. The summed E-state index contributed by atoms with van der Waals surface area (Å²) >= 11 is 0. The molecule has 0 unspecified atom stereocenters. The Morgan fingerprint density at radius 1 is 1.71 bits per heavy atom. The van der Waals surface area contributed by atoms with E-state index < -0.39 is 11.8 Å². The van der Waals surface area contributed by atoms with Gasteiger partial charge in [-0.1, -0.05) is 0 Å². The lowest BCUT2D eigenvalue weighted by molar-refractivity contribution is -0.110. The summed E-state index contributed by atoms with van der Waals surface area (Å²) in [5.74, 6) is -3.62. The second kappa shape index (κ2) is 1.02. The lowest BCUT2D eigenvalue weighted by Crippen LogP contribution is -1.92. The van der Waals surface area contributed by atoms with Crippen LogP contribution in [0.2, 0.25) is 0 Å². The smallest absolute Gasteiger partial charge is 0.258 e. The summed E-state index contributed by atoms with van der Waals surface area (Å²) in [6.07, 6.45) is 0.0660. The van der Waals surface area contributed by atoms with Crippen molar-refractivity contribution in [1.29, 1.82) is 0 Å². The van der Waals surface area contributed by atoms with Gasteiger partial charge in [0.05, 0.1) is 5.92 Å². The summed E-state index contributed by atoms with van der Waals surface area (Å²) < 4.78 is 23.1. The van der Waals surface area contributed by atoms with Crippen molar-refractivity contribution < 1.29 is 13.6 Å². The minimum absolute atomic E-state index is 0.240. The van der Waals surface area contributed by atoms with Crippen LogP contribution in [0.1, 0.15) is 6.42 Å². The predicted octanol–water partition coefficient (Wildman–Crippen LogP) is 0.841. The van der Waals surface area contributed by atoms with Gasteiger partial charge in [-0.2, -0.15) is 0 Å². The molecule has 0 spiro atoms. The Balaban J connectivity index is 2.44. The van der Waals surface area contributed by atoms with E-state index in [1.165, 1.54) is 0 Å². The van der Waals surface area contributed by atoms with Gasteiger partial charge in [-0.05, 0) is 0 Å². The van der Waals surface area contributed by atoms with Crippen LogP contribution in [0.25, 0.3) is 0 Å². The highest BCUT2D eigenvalue weighted by atomic mass is 19.3. The van der Waals surface area contributed by atoms with Gasteiger partial charge in [0.25, 0.3) is 5.92 Å². The van der Waals surface area contributed by atoms with Gasteiger partial charge in [0, 0.05) is 6.42 Å². The van der Waals surface area contributed by atoms with Crippen LogP contribution < -0.4 is 0 Å². The Labute approximate surface area is 39.3 Å². The average molecular weight is 106 g/mol. The zero-order valence-electron chi connectivity index (χ0n) is 3.53. The number of alkyl halides is 2. The lowest BCUT2D eigenvalue weighted by Gasteiger charge is -1.81. The maximum Gasteiger partial charge on any atom is 0.258 e. The first kappa shape index (κ1) is 4.68. The second-order valence-electron chi connectivity index (χ2n) is 1.71. The van der Waals surface area contributed by atoms with Crippen LogP contribution in [0, 0.1) is 5.92 Å². The number of hydrogen-bond acceptors (Lipinski definition) is 1. The zero-order chi connectivity index (χ0) is 5.49. The molecule has 0 aromatic carbocycles. The summed E-state index contributed by atoms with van der Waals surface area (Å²) in [6.45, 7) is 0. The molecule has 1 atom stereocenters. The molecule has 0 aromatic rings. The quantitative estimate of drug-likeness (QED) is 0.453. The molecule has 0 heterocycles. The molecule has 0 bridgehead atoms. The number of rotatable bonds is 1. The van der Waals surface area contributed by atoms with E-state index in [9.17, 15) is 13.6 Å². The maximum atomic E-state index is 11.6. The van der Waals surface area contributed by atoms with E-state index in [2.05, 4.69) is 0 Å². The van der Waals surface area contributed by atoms with E-state index in [0.29, 0.717) is 6.29 Å². The Morgan fingerprint density at radius 2 is 2.14 bits per heavy atom. The maximum absolute atomic E-state index is 11.6. The monoisotopic (exact) mass is 106 g/mol. The Hall–Kier alpha value is -0.470. The van der Waals surface area contributed by atoms with E-state index in [4.69, 9.17) is 0 Å². The Kier molecular flexibility index (Phi) is 0.685. The first-order chi connectivity index (χ1) is 3.17. The second-order valence-corrected chi connectivity index (χ2v) is 1.71.